The number of hydrogen-bond donors (Lipinski definition) is 1. The molecule has 0 bridgehead atoms. The first-order chi connectivity index (χ1) is 12.7. The number of benzene rings is 1. The average molecular weight is 353 g/mol. The molecule has 26 heavy (non-hydrogen) atoms. The number of carbonyl (C=O) groups is 1. The van der Waals surface area contributed by atoms with Gasteiger partial charge in [0.2, 0.25) is 5.95 Å². The molecular weight excluding hydrogens is 330 g/mol. The van der Waals surface area contributed by atoms with Gasteiger partial charge in [-0.25, -0.2) is 4.98 Å². The number of aromatic nitrogens is 3. The van der Waals surface area contributed by atoms with Gasteiger partial charge in [-0.1, -0.05) is 0 Å². The Kier molecular flexibility index (Phi) is 4.62. The monoisotopic (exact) mass is 353 g/mol. The predicted molar refractivity (Wildman–Crippen MR) is 101 cm³/mol. The van der Waals surface area contributed by atoms with E-state index in [1.54, 1.807) is 0 Å². The van der Waals surface area contributed by atoms with Crippen molar-refractivity contribution in [3.05, 3.63) is 48.3 Å². The summed E-state index contributed by atoms with van der Waals surface area (Å²) in [4.78, 5) is 19.4. The van der Waals surface area contributed by atoms with E-state index in [0.717, 1.165) is 49.8 Å². The molecule has 7 nitrogen and oxygen atoms in total. The zero-order valence-corrected chi connectivity index (χ0v) is 14.9. The summed E-state index contributed by atoms with van der Waals surface area (Å²) in [5, 5.41) is 2.97. The van der Waals surface area contributed by atoms with Gasteiger partial charge in [-0.2, -0.15) is 0 Å². The molecule has 1 N–H and O–H groups in total. The minimum atomic E-state index is -0.0716. The number of carbonyl (C=O) groups excluding carboxylic acids is 1. The maximum absolute atomic E-state index is 12.4. The minimum Gasteiger partial charge on any atom is -0.378 e. The lowest BCUT2D eigenvalue weighted by atomic mass is 10.2. The molecule has 0 unspecified atom stereocenters. The van der Waals surface area contributed by atoms with Crippen LogP contribution in [0.5, 0.6) is 0 Å². The summed E-state index contributed by atoms with van der Waals surface area (Å²) in [5.41, 5.74) is 2.50. The van der Waals surface area contributed by atoms with Crippen LogP contribution in [0.3, 0.4) is 0 Å². The highest BCUT2D eigenvalue weighted by molar-refractivity contribution is 5.97. The average Bonchev–Trinajstić information content (AvgIpc) is 3.30. The van der Waals surface area contributed by atoms with Crippen molar-refractivity contribution >= 4 is 22.9 Å². The van der Waals surface area contributed by atoms with Gasteiger partial charge in [-0.3, -0.25) is 4.79 Å². The van der Waals surface area contributed by atoms with Crippen molar-refractivity contribution in [1.82, 2.24) is 19.4 Å². The number of anilines is 1. The van der Waals surface area contributed by atoms with Crippen LogP contribution in [0.2, 0.25) is 0 Å². The second kappa shape index (κ2) is 7.21. The Bertz CT molecular complexity index is 894. The van der Waals surface area contributed by atoms with Crippen LogP contribution >= 0.6 is 0 Å². The first-order valence-corrected chi connectivity index (χ1v) is 8.90. The van der Waals surface area contributed by atoms with Gasteiger partial charge in [0, 0.05) is 51.2 Å². The second-order valence-corrected chi connectivity index (χ2v) is 6.45. The molecule has 2 aromatic heterocycles. The third-order valence-electron chi connectivity index (χ3n) is 4.74. The number of nitrogens with zero attached hydrogens (tertiary/aromatic N) is 4. The molecule has 1 fully saturated rings. The minimum absolute atomic E-state index is 0.0716. The second-order valence-electron chi connectivity index (χ2n) is 6.45. The first-order valence-electron chi connectivity index (χ1n) is 8.90. The van der Waals surface area contributed by atoms with E-state index < -0.39 is 0 Å². The van der Waals surface area contributed by atoms with Crippen LogP contribution in [-0.4, -0.2) is 52.9 Å². The lowest BCUT2D eigenvalue weighted by Gasteiger charge is -2.27. The van der Waals surface area contributed by atoms with E-state index in [9.17, 15) is 4.79 Å². The standard InChI is InChI=1S/C19H23N5O2/c1-22-17-5-4-15(18(25)20-6-9-23-7-2-3-8-23)14-16(17)21-19(22)24-10-12-26-13-11-24/h2-5,7-8,14H,6,9-13H2,1H3,(H,20,25). The van der Waals surface area contributed by atoms with E-state index >= 15 is 0 Å². The molecular formula is C19H23N5O2. The highest BCUT2D eigenvalue weighted by atomic mass is 16.5. The van der Waals surface area contributed by atoms with Crippen molar-refractivity contribution in [2.45, 2.75) is 6.54 Å². The normalized spacial score (nSPS) is 14.7. The van der Waals surface area contributed by atoms with Gasteiger partial charge < -0.3 is 24.1 Å². The number of hydrogen-bond acceptors (Lipinski definition) is 4. The van der Waals surface area contributed by atoms with Crippen LogP contribution < -0.4 is 10.2 Å². The molecule has 3 heterocycles. The number of imidazole rings is 1. The van der Waals surface area contributed by atoms with Crippen molar-refractivity contribution in [2.75, 3.05) is 37.7 Å². The molecule has 1 amide bonds. The summed E-state index contributed by atoms with van der Waals surface area (Å²) in [5.74, 6) is 0.853. The topological polar surface area (TPSA) is 64.3 Å². The Balaban J connectivity index is 1.48. The number of aryl methyl sites for hydroxylation is 1. The fraction of sp³-hybridized carbons (Fsp3) is 0.368. The highest BCUT2D eigenvalue weighted by Crippen LogP contribution is 2.23. The molecule has 4 rings (SSSR count). The largest absolute Gasteiger partial charge is 0.378 e. The van der Waals surface area contributed by atoms with Gasteiger partial charge >= 0.3 is 0 Å². The Morgan fingerprint density at radius 2 is 2.00 bits per heavy atom. The van der Waals surface area contributed by atoms with Crippen LogP contribution in [0.4, 0.5) is 5.95 Å². The quantitative estimate of drug-likeness (QED) is 0.757. The van der Waals surface area contributed by atoms with Crippen LogP contribution in [-0.2, 0) is 18.3 Å². The highest BCUT2D eigenvalue weighted by Gasteiger charge is 2.18. The molecule has 0 radical (unpaired) electrons. The lowest BCUT2D eigenvalue weighted by Crippen LogP contribution is -2.37. The van der Waals surface area contributed by atoms with Gasteiger partial charge in [-0.15, -0.1) is 0 Å². The SMILES string of the molecule is Cn1c(N2CCOCC2)nc2cc(C(=O)NCCn3cccc3)ccc21. The van der Waals surface area contributed by atoms with Crippen molar-refractivity contribution in [1.29, 1.82) is 0 Å². The smallest absolute Gasteiger partial charge is 0.251 e. The molecule has 1 aliphatic heterocycles. The number of ether oxygens (including phenoxy) is 1. The maximum Gasteiger partial charge on any atom is 0.251 e. The number of rotatable bonds is 5. The van der Waals surface area contributed by atoms with Crippen LogP contribution in [0.1, 0.15) is 10.4 Å². The molecule has 7 heteroatoms. The fourth-order valence-electron chi connectivity index (χ4n) is 3.29. The molecule has 0 atom stereocenters. The van der Waals surface area contributed by atoms with E-state index in [0.29, 0.717) is 12.1 Å². The molecule has 0 spiro atoms. The van der Waals surface area contributed by atoms with E-state index in [4.69, 9.17) is 9.72 Å². The Morgan fingerprint density at radius 1 is 1.23 bits per heavy atom. The van der Waals surface area contributed by atoms with Gasteiger partial charge in [0.1, 0.15) is 0 Å². The first kappa shape index (κ1) is 16.7. The van der Waals surface area contributed by atoms with Crippen LogP contribution in [0, 0.1) is 0 Å². The summed E-state index contributed by atoms with van der Waals surface area (Å²) in [6, 6.07) is 9.64. The molecule has 1 aromatic carbocycles. The summed E-state index contributed by atoms with van der Waals surface area (Å²) >= 11 is 0. The summed E-state index contributed by atoms with van der Waals surface area (Å²) in [6.45, 7) is 4.46. The Labute approximate surface area is 152 Å². The van der Waals surface area contributed by atoms with Gasteiger partial charge in [0.15, 0.2) is 0 Å². The molecule has 3 aromatic rings. The van der Waals surface area contributed by atoms with Gasteiger partial charge in [0.25, 0.3) is 5.91 Å². The summed E-state index contributed by atoms with van der Waals surface area (Å²) in [6.07, 6.45) is 3.97. The number of fused-ring (bicyclic) bond motifs is 1. The van der Waals surface area contributed by atoms with Crippen molar-refractivity contribution in [3.63, 3.8) is 0 Å². The van der Waals surface area contributed by atoms with E-state index in [2.05, 4.69) is 14.8 Å². The number of morpholine rings is 1. The molecule has 0 saturated carbocycles. The van der Waals surface area contributed by atoms with Crippen molar-refractivity contribution in [2.24, 2.45) is 7.05 Å². The Morgan fingerprint density at radius 3 is 2.77 bits per heavy atom. The number of amides is 1. The molecule has 0 aliphatic carbocycles. The van der Waals surface area contributed by atoms with E-state index in [1.165, 1.54) is 0 Å². The Hall–Kier alpha value is -2.80. The van der Waals surface area contributed by atoms with Crippen molar-refractivity contribution < 1.29 is 9.53 Å². The van der Waals surface area contributed by atoms with Crippen LogP contribution in [0.25, 0.3) is 11.0 Å². The molecule has 136 valence electrons. The third kappa shape index (κ3) is 3.30. The maximum atomic E-state index is 12.4. The summed E-state index contributed by atoms with van der Waals surface area (Å²) < 4.78 is 9.53. The summed E-state index contributed by atoms with van der Waals surface area (Å²) in [7, 11) is 2.01. The van der Waals surface area contributed by atoms with Gasteiger partial charge in [0.05, 0.1) is 24.2 Å². The molecule has 1 saturated heterocycles. The number of nitrogens with one attached hydrogen (secondary N) is 1. The fourth-order valence-corrected chi connectivity index (χ4v) is 3.29. The zero-order chi connectivity index (χ0) is 17.9. The van der Waals surface area contributed by atoms with E-state index in [-0.39, 0.29) is 5.91 Å². The van der Waals surface area contributed by atoms with Crippen molar-refractivity contribution in [3.8, 4) is 0 Å². The van der Waals surface area contributed by atoms with Gasteiger partial charge in [-0.05, 0) is 30.3 Å². The van der Waals surface area contributed by atoms with E-state index in [1.807, 2.05) is 54.3 Å². The lowest BCUT2D eigenvalue weighted by molar-refractivity contribution is 0.0952. The third-order valence-corrected chi connectivity index (χ3v) is 4.74. The van der Waals surface area contributed by atoms with Crippen LogP contribution in [0.15, 0.2) is 42.7 Å². The predicted octanol–water partition coefficient (Wildman–Crippen LogP) is 1.64. The zero-order valence-electron chi connectivity index (χ0n) is 14.9. The molecule has 1 aliphatic rings.